The smallest absolute Gasteiger partial charge is 0.418 e. The van der Waals surface area contributed by atoms with Crippen LogP contribution in [0.5, 0.6) is 5.75 Å². The van der Waals surface area contributed by atoms with Crippen LogP contribution < -0.4 is 14.8 Å². The van der Waals surface area contributed by atoms with Crippen LogP contribution in [0.3, 0.4) is 0 Å². The van der Waals surface area contributed by atoms with Gasteiger partial charge in [-0.2, -0.15) is 13.2 Å². The minimum absolute atomic E-state index is 0.0656. The predicted octanol–water partition coefficient (Wildman–Crippen LogP) is 4.99. The van der Waals surface area contributed by atoms with E-state index in [0.717, 1.165) is 44.2 Å². The number of hydrogen-bond donors (Lipinski definition) is 2. The van der Waals surface area contributed by atoms with Crippen LogP contribution >= 0.6 is 11.6 Å². The molecule has 0 unspecified atom stereocenters. The third kappa shape index (κ3) is 6.60. The molecule has 1 fully saturated rings. The molecule has 6 nitrogen and oxygen atoms in total. The van der Waals surface area contributed by atoms with Crippen LogP contribution in [-0.2, 0) is 21.0 Å². The van der Waals surface area contributed by atoms with Crippen molar-refractivity contribution in [3.8, 4) is 5.75 Å². The molecular formula is C21H22ClF3N2O4S. The van der Waals surface area contributed by atoms with Crippen LogP contribution in [0.2, 0.25) is 5.02 Å². The van der Waals surface area contributed by atoms with Gasteiger partial charge in [0.25, 0.3) is 5.91 Å². The maximum atomic E-state index is 13.1. The van der Waals surface area contributed by atoms with Gasteiger partial charge in [-0.1, -0.05) is 30.9 Å². The van der Waals surface area contributed by atoms with Crippen molar-refractivity contribution in [2.24, 2.45) is 0 Å². The van der Waals surface area contributed by atoms with E-state index in [0.29, 0.717) is 0 Å². The summed E-state index contributed by atoms with van der Waals surface area (Å²) in [6.45, 7) is -0.563. The Balaban J connectivity index is 1.58. The topological polar surface area (TPSA) is 84.5 Å². The molecule has 1 amide bonds. The number of rotatable bonds is 7. The second-order valence-corrected chi connectivity index (χ2v) is 9.60. The molecule has 174 valence electrons. The molecule has 0 aromatic heterocycles. The van der Waals surface area contributed by atoms with Crippen molar-refractivity contribution in [1.82, 2.24) is 4.72 Å². The van der Waals surface area contributed by atoms with Gasteiger partial charge in [-0.05, 0) is 55.3 Å². The quantitative estimate of drug-likeness (QED) is 0.573. The standard InChI is InChI=1S/C21H22ClF3N2O4S/c22-14-6-11-19(18(12-14)21(23,24)25)26-20(28)13-31-16-7-9-17(10-8-16)32(29,30)27-15-4-2-1-3-5-15/h6-12,15,27H,1-5,13H2,(H,26,28). The summed E-state index contributed by atoms with van der Waals surface area (Å²) in [5, 5.41) is 2.04. The van der Waals surface area contributed by atoms with Crippen molar-refractivity contribution < 1.29 is 31.1 Å². The number of hydrogen-bond acceptors (Lipinski definition) is 4. The Bertz CT molecular complexity index is 1050. The summed E-state index contributed by atoms with van der Waals surface area (Å²) >= 11 is 5.62. The number of carbonyl (C=O) groups is 1. The summed E-state index contributed by atoms with van der Waals surface area (Å²) in [6, 6.07) is 8.38. The Morgan fingerprint density at radius 1 is 1.06 bits per heavy atom. The molecule has 32 heavy (non-hydrogen) atoms. The molecule has 1 saturated carbocycles. The van der Waals surface area contributed by atoms with Crippen molar-refractivity contribution in [2.75, 3.05) is 11.9 Å². The Morgan fingerprint density at radius 2 is 1.72 bits per heavy atom. The first-order chi connectivity index (χ1) is 15.0. The van der Waals surface area contributed by atoms with Crippen LogP contribution in [-0.4, -0.2) is 27.0 Å². The average molecular weight is 491 g/mol. The normalized spacial score (nSPS) is 15.4. The molecule has 2 N–H and O–H groups in total. The van der Waals surface area contributed by atoms with Crippen molar-refractivity contribution in [1.29, 1.82) is 0 Å². The monoisotopic (exact) mass is 490 g/mol. The van der Waals surface area contributed by atoms with E-state index in [9.17, 15) is 26.4 Å². The van der Waals surface area contributed by atoms with Gasteiger partial charge in [-0.25, -0.2) is 13.1 Å². The molecule has 2 aromatic carbocycles. The zero-order chi connectivity index (χ0) is 23.4. The first-order valence-electron chi connectivity index (χ1n) is 9.96. The molecule has 3 rings (SSSR count). The lowest BCUT2D eigenvalue weighted by atomic mass is 9.96. The van der Waals surface area contributed by atoms with Crippen molar-refractivity contribution in [3.05, 3.63) is 53.1 Å². The van der Waals surface area contributed by atoms with Gasteiger partial charge in [0.1, 0.15) is 5.75 Å². The number of carbonyl (C=O) groups excluding carboxylic acids is 1. The molecule has 0 radical (unpaired) electrons. The van der Waals surface area contributed by atoms with E-state index < -0.39 is 40.0 Å². The molecule has 0 atom stereocenters. The molecule has 1 aliphatic rings. The molecule has 0 spiro atoms. The number of amides is 1. The highest BCUT2D eigenvalue weighted by atomic mass is 35.5. The number of alkyl halides is 3. The van der Waals surface area contributed by atoms with E-state index in [4.69, 9.17) is 16.3 Å². The summed E-state index contributed by atoms with van der Waals surface area (Å²) in [4.78, 5) is 12.1. The van der Waals surface area contributed by atoms with E-state index >= 15 is 0 Å². The summed E-state index contributed by atoms with van der Waals surface area (Å²) in [6.07, 6.45) is -0.00181. The number of ether oxygens (including phenoxy) is 1. The largest absolute Gasteiger partial charge is 0.484 e. The fourth-order valence-corrected chi connectivity index (χ4v) is 4.90. The summed E-state index contributed by atoms with van der Waals surface area (Å²) in [5.41, 5.74) is -1.51. The number of halogens is 4. The highest BCUT2D eigenvalue weighted by Crippen LogP contribution is 2.36. The third-order valence-electron chi connectivity index (χ3n) is 4.99. The molecule has 0 saturated heterocycles. The van der Waals surface area contributed by atoms with Crippen LogP contribution in [0.1, 0.15) is 37.7 Å². The van der Waals surface area contributed by atoms with E-state index in [1.165, 1.54) is 30.3 Å². The molecule has 11 heteroatoms. The van der Waals surface area contributed by atoms with Gasteiger partial charge in [-0.3, -0.25) is 4.79 Å². The Hall–Kier alpha value is -2.30. The van der Waals surface area contributed by atoms with Crippen LogP contribution in [0.15, 0.2) is 47.4 Å². The minimum Gasteiger partial charge on any atom is -0.484 e. The first kappa shape index (κ1) is 24.3. The van der Waals surface area contributed by atoms with E-state index in [-0.39, 0.29) is 21.7 Å². The van der Waals surface area contributed by atoms with E-state index in [1.54, 1.807) is 0 Å². The lowest BCUT2D eigenvalue weighted by molar-refractivity contribution is -0.137. The fourth-order valence-electron chi connectivity index (χ4n) is 3.42. The molecule has 1 aliphatic carbocycles. The van der Waals surface area contributed by atoms with Crippen LogP contribution in [0.25, 0.3) is 0 Å². The average Bonchev–Trinajstić information content (AvgIpc) is 2.73. The maximum absolute atomic E-state index is 13.1. The highest BCUT2D eigenvalue weighted by Gasteiger charge is 2.34. The second kappa shape index (κ2) is 10.1. The fraction of sp³-hybridized carbons (Fsp3) is 0.381. The van der Waals surface area contributed by atoms with Gasteiger partial charge in [0.05, 0.1) is 16.1 Å². The Morgan fingerprint density at radius 3 is 2.34 bits per heavy atom. The molecule has 0 heterocycles. The number of sulfonamides is 1. The van der Waals surface area contributed by atoms with Gasteiger partial charge >= 0.3 is 6.18 Å². The number of nitrogens with one attached hydrogen (secondary N) is 2. The summed E-state index contributed by atoms with van der Waals surface area (Å²) in [7, 11) is -3.67. The van der Waals surface area contributed by atoms with Gasteiger partial charge in [0.15, 0.2) is 6.61 Å². The van der Waals surface area contributed by atoms with Crippen molar-refractivity contribution >= 4 is 33.2 Å². The summed E-state index contributed by atoms with van der Waals surface area (Å²) < 4.78 is 72.3. The minimum atomic E-state index is -4.69. The van der Waals surface area contributed by atoms with Gasteiger partial charge < -0.3 is 10.1 Å². The lowest BCUT2D eigenvalue weighted by Crippen LogP contribution is -2.36. The molecule has 2 aromatic rings. The van der Waals surface area contributed by atoms with E-state index in [2.05, 4.69) is 10.0 Å². The highest BCUT2D eigenvalue weighted by molar-refractivity contribution is 7.89. The third-order valence-corrected chi connectivity index (χ3v) is 6.76. The molecule has 0 aliphatic heterocycles. The number of anilines is 1. The lowest BCUT2D eigenvalue weighted by Gasteiger charge is -2.22. The van der Waals surface area contributed by atoms with Crippen molar-refractivity contribution in [3.63, 3.8) is 0 Å². The summed E-state index contributed by atoms with van der Waals surface area (Å²) in [5.74, 6) is -0.614. The zero-order valence-corrected chi connectivity index (χ0v) is 18.5. The zero-order valence-electron chi connectivity index (χ0n) is 16.9. The van der Waals surface area contributed by atoms with Crippen LogP contribution in [0.4, 0.5) is 18.9 Å². The second-order valence-electron chi connectivity index (χ2n) is 7.45. The van der Waals surface area contributed by atoms with Gasteiger partial charge in [-0.15, -0.1) is 0 Å². The molecular weight excluding hydrogens is 469 g/mol. The molecule has 0 bridgehead atoms. The van der Waals surface area contributed by atoms with Gasteiger partial charge in [0, 0.05) is 11.1 Å². The van der Waals surface area contributed by atoms with Crippen LogP contribution in [0, 0.1) is 0 Å². The first-order valence-corrected chi connectivity index (χ1v) is 11.8. The SMILES string of the molecule is O=C(COc1ccc(S(=O)(=O)NC2CCCCC2)cc1)Nc1ccc(Cl)cc1C(F)(F)F. The number of benzene rings is 2. The maximum Gasteiger partial charge on any atom is 0.418 e. The van der Waals surface area contributed by atoms with Crippen molar-refractivity contribution in [2.45, 2.75) is 49.2 Å². The Labute approximate surface area is 189 Å². The predicted molar refractivity (Wildman–Crippen MR) is 114 cm³/mol. The van der Waals surface area contributed by atoms with E-state index in [1.807, 2.05) is 0 Å². The van der Waals surface area contributed by atoms with Gasteiger partial charge in [0.2, 0.25) is 10.0 Å². The Kier molecular flexibility index (Phi) is 7.68.